The van der Waals surface area contributed by atoms with Crippen molar-refractivity contribution in [2.45, 2.75) is 19.9 Å². The number of nitro groups is 1. The molecule has 0 atom stereocenters. The van der Waals surface area contributed by atoms with Crippen molar-refractivity contribution >= 4 is 27.4 Å². The molecule has 0 aliphatic carbocycles. The lowest BCUT2D eigenvalue weighted by Crippen LogP contribution is -2.04. The maximum Gasteiger partial charge on any atom is 0.269 e. The smallest absolute Gasteiger partial charge is 0.269 e. The Hall–Kier alpha value is -2.02. The van der Waals surface area contributed by atoms with Gasteiger partial charge in [-0.25, -0.2) is 9.97 Å². The van der Waals surface area contributed by atoms with E-state index in [1.54, 1.807) is 18.2 Å². The predicted molar refractivity (Wildman–Crippen MR) is 79.5 cm³/mol. The van der Waals surface area contributed by atoms with E-state index < -0.39 is 4.92 Å². The van der Waals surface area contributed by atoms with E-state index in [0.29, 0.717) is 6.54 Å². The summed E-state index contributed by atoms with van der Waals surface area (Å²) < 4.78 is 0.732. The second kappa shape index (κ2) is 6.42. The maximum atomic E-state index is 10.6. The quantitative estimate of drug-likeness (QED) is 0.514. The van der Waals surface area contributed by atoms with Gasteiger partial charge in [-0.05, 0) is 21.5 Å². The van der Waals surface area contributed by atoms with Gasteiger partial charge in [0.1, 0.15) is 16.2 Å². The summed E-state index contributed by atoms with van der Waals surface area (Å²) in [6.07, 6.45) is 0.756. The van der Waals surface area contributed by atoms with Crippen LogP contribution in [-0.4, -0.2) is 14.9 Å². The Bertz CT molecular complexity index is 616. The molecule has 0 bridgehead atoms. The number of nitro benzene ring substituents is 1. The molecule has 0 radical (unpaired) electrons. The van der Waals surface area contributed by atoms with Gasteiger partial charge in [-0.3, -0.25) is 10.1 Å². The van der Waals surface area contributed by atoms with Crippen molar-refractivity contribution in [1.82, 2.24) is 9.97 Å². The third-order valence-electron chi connectivity index (χ3n) is 2.68. The molecule has 20 heavy (non-hydrogen) atoms. The average Bonchev–Trinajstić information content (AvgIpc) is 2.45. The molecule has 7 heteroatoms. The number of hydrogen-bond acceptors (Lipinski definition) is 5. The molecular formula is C13H13BrN4O2. The van der Waals surface area contributed by atoms with Crippen molar-refractivity contribution in [1.29, 1.82) is 0 Å². The van der Waals surface area contributed by atoms with E-state index in [4.69, 9.17) is 0 Å². The minimum absolute atomic E-state index is 0.0896. The summed E-state index contributed by atoms with van der Waals surface area (Å²) >= 11 is 3.34. The summed E-state index contributed by atoms with van der Waals surface area (Å²) in [7, 11) is 0. The first-order valence-corrected chi connectivity index (χ1v) is 6.88. The zero-order valence-corrected chi connectivity index (χ0v) is 12.4. The molecule has 0 unspecified atom stereocenters. The van der Waals surface area contributed by atoms with Crippen molar-refractivity contribution in [2.24, 2.45) is 0 Å². The van der Waals surface area contributed by atoms with Gasteiger partial charge in [-0.1, -0.05) is 19.1 Å². The Morgan fingerprint density at radius 3 is 2.60 bits per heavy atom. The fraction of sp³-hybridized carbons (Fsp3) is 0.231. The van der Waals surface area contributed by atoms with Crippen LogP contribution in [0.3, 0.4) is 0 Å². The Morgan fingerprint density at radius 2 is 2.00 bits per heavy atom. The minimum Gasteiger partial charge on any atom is -0.366 e. The number of non-ortho nitro benzene ring substituents is 1. The molecule has 0 amide bonds. The van der Waals surface area contributed by atoms with E-state index in [9.17, 15) is 10.1 Å². The SMILES string of the molecule is CCc1nc(Br)cc(NCc2ccc([N+](=O)[O-])cc2)n1. The zero-order chi connectivity index (χ0) is 14.5. The molecule has 104 valence electrons. The van der Waals surface area contributed by atoms with Crippen LogP contribution in [0, 0.1) is 10.1 Å². The van der Waals surface area contributed by atoms with Crippen molar-refractivity contribution in [3.8, 4) is 0 Å². The number of benzene rings is 1. The zero-order valence-electron chi connectivity index (χ0n) is 10.8. The first-order chi connectivity index (χ1) is 9.58. The van der Waals surface area contributed by atoms with Gasteiger partial charge in [-0.15, -0.1) is 0 Å². The van der Waals surface area contributed by atoms with E-state index in [1.807, 2.05) is 6.92 Å². The monoisotopic (exact) mass is 336 g/mol. The van der Waals surface area contributed by atoms with Gasteiger partial charge in [0.15, 0.2) is 0 Å². The van der Waals surface area contributed by atoms with Crippen LogP contribution in [0.25, 0.3) is 0 Å². The lowest BCUT2D eigenvalue weighted by molar-refractivity contribution is -0.384. The van der Waals surface area contributed by atoms with Crippen LogP contribution in [0.4, 0.5) is 11.5 Å². The molecule has 1 aromatic heterocycles. The average molecular weight is 337 g/mol. The lowest BCUT2D eigenvalue weighted by atomic mass is 10.2. The Kier molecular flexibility index (Phi) is 4.62. The number of aryl methyl sites for hydroxylation is 1. The molecule has 1 heterocycles. The summed E-state index contributed by atoms with van der Waals surface area (Å²) in [5.41, 5.74) is 1.04. The van der Waals surface area contributed by atoms with Crippen LogP contribution in [0.15, 0.2) is 34.9 Å². The first kappa shape index (κ1) is 14.4. The van der Waals surface area contributed by atoms with E-state index >= 15 is 0 Å². The Labute approximate surface area is 124 Å². The van der Waals surface area contributed by atoms with Crippen molar-refractivity contribution < 1.29 is 4.92 Å². The molecule has 0 fully saturated rings. The standard InChI is InChI=1S/C13H13BrN4O2/c1-2-12-16-11(14)7-13(17-12)15-8-9-3-5-10(6-4-9)18(19)20/h3-7H,2,8H2,1H3,(H,15,16,17). The largest absolute Gasteiger partial charge is 0.366 e. The Balaban J connectivity index is 2.04. The van der Waals surface area contributed by atoms with E-state index in [-0.39, 0.29) is 5.69 Å². The number of rotatable bonds is 5. The van der Waals surface area contributed by atoms with Crippen molar-refractivity contribution in [3.63, 3.8) is 0 Å². The molecule has 2 rings (SSSR count). The van der Waals surface area contributed by atoms with Gasteiger partial charge in [-0.2, -0.15) is 0 Å². The van der Waals surface area contributed by atoms with Gasteiger partial charge in [0.2, 0.25) is 0 Å². The summed E-state index contributed by atoms with van der Waals surface area (Å²) in [5, 5.41) is 13.7. The molecule has 0 saturated carbocycles. The highest BCUT2D eigenvalue weighted by Gasteiger charge is 2.05. The number of nitrogens with zero attached hydrogens (tertiary/aromatic N) is 3. The maximum absolute atomic E-state index is 10.6. The van der Waals surface area contributed by atoms with E-state index in [0.717, 1.165) is 28.2 Å². The molecular weight excluding hydrogens is 324 g/mol. The van der Waals surface area contributed by atoms with Gasteiger partial charge in [0, 0.05) is 31.2 Å². The van der Waals surface area contributed by atoms with Gasteiger partial charge in [0.25, 0.3) is 5.69 Å². The molecule has 0 aliphatic rings. The minimum atomic E-state index is -0.410. The number of anilines is 1. The summed E-state index contributed by atoms with van der Waals surface area (Å²) in [4.78, 5) is 18.7. The normalized spacial score (nSPS) is 10.3. The molecule has 1 N–H and O–H groups in total. The molecule has 6 nitrogen and oxygen atoms in total. The second-order valence-corrected chi connectivity index (χ2v) is 4.94. The topological polar surface area (TPSA) is 81.0 Å². The Morgan fingerprint density at radius 1 is 1.30 bits per heavy atom. The van der Waals surface area contributed by atoms with Gasteiger partial charge >= 0.3 is 0 Å². The number of halogens is 1. The third kappa shape index (κ3) is 3.74. The highest BCUT2D eigenvalue weighted by Crippen LogP contribution is 2.15. The molecule has 0 saturated heterocycles. The first-order valence-electron chi connectivity index (χ1n) is 6.09. The summed E-state index contributed by atoms with van der Waals surface area (Å²) in [5.74, 6) is 1.48. The number of nitrogens with one attached hydrogen (secondary N) is 1. The predicted octanol–water partition coefficient (Wildman–Crippen LogP) is 3.32. The van der Waals surface area contributed by atoms with Gasteiger partial charge in [0.05, 0.1) is 4.92 Å². The highest BCUT2D eigenvalue weighted by molar-refractivity contribution is 9.10. The second-order valence-electron chi connectivity index (χ2n) is 4.12. The molecule has 0 spiro atoms. The molecule has 1 aromatic carbocycles. The third-order valence-corrected chi connectivity index (χ3v) is 3.08. The summed E-state index contributed by atoms with van der Waals surface area (Å²) in [6, 6.07) is 8.23. The fourth-order valence-electron chi connectivity index (χ4n) is 1.64. The van der Waals surface area contributed by atoms with Crippen molar-refractivity contribution in [3.05, 3.63) is 56.4 Å². The van der Waals surface area contributed by atoms with Crippen LogP contribution in [0.5, 0.6) is 0 Å². The van der Waals surface area contributed by atoms with Crippen molar-refractivity contribution in [2.75, 3.05) is 5.32 Å². The fourth-order valence-corrected chi connectivity index (χ4v) is 2.06. The van der Waals surface area contributed by atoms with E-state index in [2.05, 4.69) is 31.2 Å². The van der Waals surface area contributed by atoms with Crippen LogP contribution in [0.2, 0.25) is 0 Å². The number of aromatic nitrogens is 2. The van der Waals surface area contributed by atoms with Crippen LogP contribution >= 0.6 is 15.9 Å². The summed E-state index contributed by atoms with van der Waals surface area (Å²) in [6.45, 7) is 2.53. The highest BCUT2D eigenvalue weighted by atomic mass is 79.9. The van der Waals surface area contributed by atoms with Crippen LogP contribution in [-0.2, 0) is 13.0 Å². The van der Waals surface area contributed by atoms with Crippen LogP contribution in [0.1, 0.15) is 18.3 Å². The molecule has 0 aliphatic heterocycles. The number of hydrogen-bond donors (Lipinski definition) is 1. The molecule has 2 aromatic rings. The lowest BCUT2D eigenvalue weighted by Gasteiger charge is -2.07. The van der Waals surface area contributed by atoms with Gasteiger partial charge < -0.3 is 5.32 Å². The van der Waals surface area contributed by atoms with Crippen LogP contribution < -0.4 is 5.32 Å². The van der Waals surface area contributed by atoms with E-state index in [1.165, 1.54) is 12.1 Å².